The van der Waals surface area contributed by atoms with Crippen molar-refractivity contribution < 1.29 is 22.3 Å². The molecule has 5 heterocycles. The first-order valence-electron chi connectivity index (χ1n) is 15.8. The molecule has 4 aromatic rings. The van der Waals surface area contributed by atoms with Gasteiger partial charge < -0.3 is 14.5 Å². The van der Waals surface area contributed by atoms with Gasteiger partial charge in [0.15, 0.2) is 5.83 Å². The lowest BCUT2D eigenvalue weighted by Crippen LogP contribution is -2.50. The molecule has 12 heteroatoms. The Morgan fingerprint density at radius 1 is 0.978 bits per heavy atom. The lowest BCUT2D eigenvalue weighted by molar-refractivity contribution is -0.138. The molecule has 8 nitrogen and oxygen atoms in total. The average molecular weight is 634 g/mol. The van der Waals surface area contributed by atoms with Crippen LogP contribution >= 0.6 is 0 Å². The van der Waals surface area contributed by atoms with E-state index in [-0.39, 0.29) is 34.0 Å². The molecular weight excluding hydrogens is 598 g/mol. The molecule has 1 aromatic carbocycles. The first-order chi connectivity index (χ1) is 22.3. The Hall–Kier alpha value is -4.32. The number of anilines is 1. The van der Waals surface area contributed by atoms with Crippen LogP contribution in [0.5, 0.6) is 11.6 Å². The largest absolute Gasteiger partial charge is 0.438 e. The van der Waals surface area contributed by atoms with Crippen LogP contribution in [-0.2, 0) is 6.18 Å². The molecule has 3 aromatic heterocycles. The molecule has 0 amide bonds. The van der Waals surface area contributed by atoms with Gasteiger partial charge >= 0.3 is 6.18 Å². The summed E-state index contributed by atoms with van der Waals surface area (Å²) in [6.45, 7) is 3.92. The highest BCUT2D eigenvalue weighted by Gasteiger charge is 2.44. The molecule has 3 aliphatic rings. The number of hydrogen-bond donors (Lipinski definition) is 0. The van der Waals surface area contributed by atoms with Gasteiger partial charge in [-0.25, -0.2) is 14.1 Å². The van der Waals surface area contributed by atoms with Crippen LogP contribution in [0.3, 0.4) is 0 Å². The van der Waals surface area contributed by atoms with Crippen LogP contribution in [0.2, 0.25) is 0 Å². The third-order valence-corrected chi connectivity index (χ3v) is 9.36. The molecule has 0 atom stereocenters. The number of halogens is 4. The van der Waals surface area contributed by atoms with Gasteiger partial charge in [-0.1, -0.05) is 6.07 Å². The summed E-state index contributed by atoms with van der Waals surface area (Å²) in [6, 6.07) is 10.7. The van der Waals surface area contributed by atoms with Crippen LogP contribution in [0, 0.1) is 11.3 Å². The second kappa shape index (κ2) is 12.5. The van der Waals surface area contributed by atoms with E-state index in [4.69, 9.17) is 4.74 Å². The zero-order valence-electron chi connectivity index (χ0n) is 25.3. The minimum Gasteiger partial charge on any atom is -0.438 e. The molecule has 240 valence electrons. The third kappa shape index (κ3) is 6.62. The number of aromatic nitrogens is 5. The smallest absolute Gasteiger partial charge is 0.422 e. The number of nitrogens with zero attached hydrogens (tertiary/aromatic N) is 7. The topological polar surface area (TPSA) is 72.2 Å². The van der Waals surface area contributed by atoms with Gasteiger partial charge in [0.2, 0.25) is 5.88 Å². The standard InChI is InChI=1S/C34H35F4N7O/c35-27(28-10-17-45(42-28)26-9-15-40-41-21-26)20-25-7-8-29(46-30-4-1-2-14-39-30)31(34(36,37)38)32(25)44-16-3-11-33(23-44)12-18-43(19-13-33)22-24-5-6-24/h1-2,4,7-10,14-15,17,20-21,24H,3,5-6,11-13,16,18-19,22-23H2/b27-20-. The van der Waals surface area contributed by atoms with Crippen molar-refractivity contribution in [2.45, 2.75) is 44.7 Å². The Morgan fingerprint density at radius 2 is 1.83 bits per heavy atom. The first-order valence-corrected chi connectivity index (χ1v) is 15.8. The van der Waals surface area contributed by atoms with Crippen LogP contribution in [-0.4, -0.2) is 62.6 Å². The Morgan fingerprint density at radius 3 is 2.54 bits per heavy atom. The van der Waals surface area contributed by atoms with Crippen LogP contribution in [0.25, 0.3) is 17.6 Å². The molecule has 46 heavy (non-hydrogen) atoms. The molecule has 2 saturated heterocycles. The minimum atomic E-state index is -4.78. The van der Waals surface area contributed by atoms with Crippen molar-refractivity contribution in [3.8, 4) is 17.3 Å². The summed E-state index contributed by atoms with van der Waals surface area (Å²) < 4.78 is 68.5. The second-order valence-corrected chi connectivity index (χ2v) is 12.7. The van der Waals surface area contributed by atoms with Gasteiger partial charge in [-0.15, -0.1) is 0 Å². The predicted octanol–water partition coefficient (Wildman–Crippen LogP) is 7.43. The molecule has 3 fully saturated rings. The lowest BCUT2D eigenvalue weighted by Gasteiger charge is -2.49. The monoisotopic (exact) mass is 633 g/mol. The van der Waals surface area contributed by atoms with Gasteiger partial charge in [0.25, 0.3) is 0 Å². The lowest BCUT2D eigenvalue weighted by atomic mass is 9.72. The first kappa shape index (κ1) is 30.3. The summed E-state index contributed by atoms with van der Waals surface area (Å²) in [6.07, 6.45) is 8.52. The van der Waals surface area contributed by atoms with E-state index in [0.29, 0.717) is 18.8 Å². The Bertz CT molecular complexity index is 1680. The SMILES string of the molecule is F/C(=C\c1ccc(Oc2ccccn2)c(C(F)(F)F)c1N1CCCC2(CCN(CC3CC3)CC2)C1)c1ccn(-c2ccnnc2)n1. The van der Waals surface area contributed by atoms with Crippen LogP contribution < -0.4 is 9.64 Å². The van der Waals surface area contributed by atoms with E-state index in [9.17, 15) is 0 Å². The number of hydrogen-bond acceptors (Lipinski definition) is 7. The number of rotatable bonds is 8. The zero-order valence-corrected chi connectivity index (χ0v) is 25.3. The van der Waals surface area contributed by atoms with E-state index in [1.54, 1.807) is 24.4 Å². The predicted molar refractivity (Wildman–Crippen MR) is 166 cm³/mol. The highest BCUT2D eigenvalue weighted by atomic mass is 19.4. The number of pyridine rings is 1. The van der Waals surface area contributed by atoms with Crippen molar-refractivity contribution in [3.63, 3.8) is 0 Å². The number of ether oxygens (including phenoxy) is 1. The van der Waals surface area contributed by atoms with E-state index in [2.05, 4.69) is 25.2 Å². The summed E-state index contributed by atoms with van der Waals surface area (Å²) in [5.74, 6) is -0.284. The normalized spacial score (nSPS) is 19.0. The van der Waals surface area contributed by atoms with Crippen LogP contribution in [0.15, 0.2) is 67.3 Å². The Balaban J connectivity index is 1.27. The maximum atomic E-state index is 15.9. The molecule has 0 N–H and O–H groups in total. The van der Waals surface area contributed by atoms with Crippen molar-refractivity contribution in [3.05, 3.63) is 84.1 Å². The molecule has 1 aliphatic carbocycles. The fourth-order valence-corrected chi connectivity index (χ4v) is 6.83. The molecule has 1 saturated carbocycles. The van der Waals surface area contributed by atoms with E-state index in [1.165, 1.54) is 60.4 Å². The average Bonchev–Trinajstić information content (AvgIpc) is 3.73. The van der Waals surface area contributed by atoms with Gasteiger partial charge in [0.1, 0.15) is 17.0 Å². The van der Waals surface area contributed by atoms with Crippen molar-refractivity contribution >= 4 is 17.6 Å². The van der Waals surface area contributed by atoms with Gasteiger partial charge in [-0.05, 0) is 99.4 Å². The fourth-order valence-electron chi connectivity index (χ4n) is 6.83. The minimum absolute atomic E-state index is 0.0108. The molecule has 1 spiro atoms. The summed E-state index contributed by atoms with van der Waals surface area (Å²) in [7, 11) is 0. The number of alkyl halides is 3. The second-order valence-electron chi connectivity index (χ2n) is 12.7. The quantitative estimate of drug-likeness (QED) is 0.187. The highest BCUT2D eigenvalue weighted by Crippen LogP contribution is 2.50. The number of benzene rings is 1. The molecule has 0 unspecified atom stereocenters. The Kier molecular flexibility index (Phi) is 8.22. The maximum absolute atomic E-state index is 15.9. The summed E-state index contributed by atoms with van der Waals surface area (Å²) in [5.41, 5.74) is -0.433. The summed E-state index contributed by atoms with van der Waals surface area (Å²) >= 11 is 0. The number of likely N-dealkylation sites (tertiary alicyclic amines) is 1. The van der Waals surface area contributed by atoms with Crippen LogP contribution in [0.1, 0.15) is 55.3 Å². The zero-order chi connectivity index (χ0) is 31.7. The maximum Gasteiger partial charge on any atom is 0.422 e. The third-order valence-electron chi connectivity index (χ3n) is 9.36. The van der Waals surface area contributed by atoms with E-state index < -0.39 is 17.6 Å². The van der Waals surface area contributed by atoms with E-state index in [1.807, 2.05) is 4.90 Å². The van der Waals surface area contributed by atoms with Crippen LogP contribution in [0.4, 0.5) is 23.2 Å². The van der Waals surface area contributed by atoms with Crippen molar-refractivity contribution in [2.75, 3.05) is 37.6 Å². The summed E-state index contributed by atoms with van der Waals surface area (Å²) in [4.78, 5) is 8.40. The fraction of sp³-hybridized carbons (Fsp3) is 0.412. The molecule has 2 aliphatic heterocycles. The van der Waals surface area contributed by atoms with Gasteiger partial charge in [0, 0.05) is 43.7 Å². The molecule has 0 radical (unpaired) electrons. The molecular formula is C34H35F4N7O. The molecule has 0 bridgehead atoms. The summed E-state index contributed by atoms with van der Waals surface area (Å²) in [5, 5.41) is 11.9. The Labute approximate surface area is 264 Å². The van der Waals surface area contributed by atoms with Crippen molar-refractivity contribution in [1.29, 1.82) is 0 Å². The van der Waals surface area contributed by atoms with E-state index in [0.717, 1.165) is 57.3 Å². The van der Waals surface area contributed by atoms with E-state index >= 15 is 17.6 Å². The van der Waals surface area contributed by atoms with Gasteiger partial charge in [0.05, 0.1) is 23.8 Å². The van der Waals surface area contributed by atoms with Gasteiger partial charge in [-0.2, -0.15) is 28.5 Å². The number of piperidine rings is 2. The van der Waals surface area contributed by atoms with Crippen molar-refractivity contribution in [1.82, 2.24) is 29.9 Å². The van der Waals surface area contributed by atoms with Gasteiger partial charge in [-0.3, -0.25) is 0 Å². The highest BCUT2D eigenvalue weighted by molar-refractivity contribution is 5.84. The van der Waals surface area contributed by atoms with Crippen molar-refractivity contribution in [2.24, 2.45) is 11.3 Å². The molecule has 7 rings (SSSR count).